The molecule has 1 unspecified atom stereocenters. The van der Waals surface area contributed by atoms with E-state index in [1.54, 1.807) is 0 Å². The Bertz CT molecular complexity index is 705. The first-order chi connectivity index (χ1) is 12.0. The van der Waals surface area contributed by atoms with Gasteiger partial charge in [0.2, 0.25) is 5.91 Å². The van der Waals surface area contributed by atoms with Crippen LogP contribution in [0.2, 0.25) is 0 Å². The standard InChI is InChI=1S/C20H28N4O/c1-15(2)24-12-5-4-6-19(24)20(25)22-18-9-7-17(8-10-18)14-23-13-11-21-16(23)3/h7-11,13,15,19H,4-6,12,14H2,1-3H3,(H,22,25). The molecule has 0 aliphatic carbocycles. The zero-order valence-electron chi connectivity index (χ0n) is 15.4. The van der Waals surface area contributed by atoms with E-state index in [2.05, 4.69) is 45.7 Å². The summed E-state index contributed by atoms with van der Waals surface area (Å²) in [6.07, 6.45) is 7.06. The largest absolute Gasteiger partial charge is 0.331 e. The Kier molecular flexibility index (Phi) is 5.53. The first-order valence-electron chi connectivity index (χ1n) is 9.18. The van der Waals surface area contributed by atoms with Crippen molar-refractivity contribution in [1.29, 1.82) is 0 Å². The van der Waals surface area contributed by atoms with Crippen molar-refractivity contribution in [2.75, 3.05) is 11.9 Å². The summed E-state index contributed by atoms with van der Waals surface area (Å²) in [5, 5.41) is 3.09. The number of hydrogen-bond donors (Lipinski definition) is 1. The van der Waals surface area contributed by atoms with E-state index in [9.17, 15) is 4.79 Å². The van der Waals surface area contributed by atoms with Crippen LogP contribution in [0.25, 0.3) is 0 Å². The van der Waals surface area contributed by atoms with Crippen LogP contribution >= 0.6 is 0 Å². The maximum atomic E-state index is 12.7. The number of carbonyl (C=O) groups excluding carboxylic acids is 1. The van der Waals surface area contributed by atoms with E-state index >= 15 is 0 Å². The Morgan fingerprint density at radius 1 is 1.28 bits per heavy atom. The van der Waals surface area contributed by atoms with Crippen LogP contribution in [-0.4, -0.2) is 39.0 Å². The molecular formula is C20H28N4O. The van der Waals surface area contributed by atoms with Crippen molar-refractivity contribution >= 4 is 11.6 Å². The van der Waals surface area contributed by atoms with Gasteiger partial charge in [-0.25, -0.2) is 4.98 Å². The molecule has 1 N–H and O–H groups in total. The zero-order chi connectivity index (χ0) is 17.8. The van der Waals surface area contributed by atoms with Crippen LogP contribution in [0.3, 0.4) is 0 Å². The molecule has 0 bridgehead atoms. The lowest BCUT2D eigenvalue weighted by Crippen LogP contribution is -2.50. The number of amides is 1. The van der Waals surface area contributed by atoms with Gasteiger partial charge in [-0.15, -0.1) is 0 Å². The van der Waals surface area contributed by atoms with Crippen molar-refractivity contribution in [2.45, 2.75) is 58.7 Å². The summed E-state index contributed by atoms with van der Waals surface area (Å²) in [7, 11) is 0. The number of hydrogen-bond acceptors (Lipinski definition) is 3. The lowest BCUT2D eigenvalue weighted by Gasteiger charge is -2.37. The van der Waals surface area contributed by atoms with Crippen LogP contribution in [-0.2, 0) is 11.3 Å². The first kappa shape index (κ1) is 17.7. The SMILES string of the molecule is Cc1nccn1Cc1ccc(NC(=O)C2CCCCN2C(C)C)cc1. The Labute approximate surface area is 150 Å². The second kappa shape index (κ2) is 7.83. The molecule has 3 rings (SSSR count). The third kappa shape index (κ3) is 4.28. The van der Waals surface area contributed by atoms with Gasteiger partial charge in [0.25, 0.3) is 0 Å². The van der Waals surface area contributed by atoms with Crippen LogP contribution in [0.4, 0.5) is 5.69 Å². The average molecular weight is 340 g/mol. The van der Waals surface area contributed by atoms with Gasteiger partial charge in [0.1, 0.15) is 5.82 Å². The smallest absolute Gasteiger partial charge is 0.241 e. The molecule has 25 heavy (non-hydrogen) atoms. The molecule has 2 aromatic rings. The molecule has 2 heterocycles. The van der Waals surface area contributed by atoms with Crippen LogP contribution < -0.4 is 5.32 Å². The fourth-order valence-corrected chi connectivity index (χ4v) is 3.54. The molecule has 1 amide bonds. The number of piperidine rings is 1. The van der Waals surface area contributed by atoms with Gasteiger partial charge < -0.3 is 9.88 Å². The number of imidazole rings is 1. The maximum absolute atomic E-state index is 12.7. The lowest BCUT2D eigenvalue weighted by molar-refractivity contribution is -0.123. The summed E-state index contributed by atoms with van der Waals surface area (Å²) in [6, 6.07) is 8.50. The lowest BCUT2D eigenvalue weighted by atomic mass is 9.99. The van der Waals surface area contributed by atoms with E-state index < -0.39 is 0 Å². The van der Waals surface area contributed by atoms with Gasteiger partial charge in [-0.3, -0.25) is 9.69 Å². The van der Waals surface area contributed by atoms with Crippen LogP contribution in [0.1, 0.15) is 44.5 Å². The quantitative estimate of drug-likeness (QED) is 0.907. The van der Waals surface area contributed by atoms with Crippen molar-refractivity contribution in [2.24, 2.45) is 0 Å². The molecule has 5 nitrogen and oxygen atoms in total. The molecular weight excluding hydrogens is 312 g/mol. The maximum Gasteiger partial charge on any atom is 0.241 e. The van der Waals surface area contributed by atoms with Gasteiger partial charge in [0, 0.05) is 30.7 Å². The number of aromatic nitrogens is 2. The minimum atomic E-state index is -0.0120. The molecule has 134 valence electrons. The molecule has 1 aliphatic rings. The summed E-state index contributed by atoms with van der Waals surface area (Å²) in [5.74, 6) is 1.12. The van der Waals surface area contributed by atoms with E-state index in [1.165, 1.54) is 12.0 Å². The normalized spacial score (nSPS) is 18.5. The van der Waals surface area contributed by atoms with E-state index in [-0.39, 0.29) is 11.9 Å². The number of rotatable bonds is 5. The molecule has 1 saturated heterocycles. The molecule has 1 aromatic heterocycles. The van der Waals surface area contributed by atoms with Crippen molar-refractivity contribution in [3.05, 3.63) is 48.0 Å². The van der Waals surface area contributed by atoms with Gasteiger partial charge in [-0.05, 0) is 57.9 Å². The van der Waals surface area contributed by atoms with Crippen LogP contribution in [0, 0.1) is 6.92 Å². The minimum Gasteiger partial charge on any atom is -0.331 e. The Morgan fingerprint density at radius 3 is 2.68 bits per heavy atom. The number of carbonyl (C=O) groups is 1. The van der Waals surface area contributed by atoms with Crippen LogP contribution in [0.5, 0.6) is 0 Å². The highest BCUT2D eigenvalue weighted by Gasteiger charge is 2.30. The zero-order valence-corrected chi connectivity index (χ0v) is 15.4. The van der Waals surface area contributed by atoms with Crippen molar-refractivity contribution in [1.82, 2.24) is 14.5 Å². The Morgan fingerprint density at radius 2 is 2.04 bits per heavy atom. The second-order valence-electron chi connectivity index (χ2n) is 7.13. The van der Waals surface area contributed by atoms with Gasteiger partial charge in [0.15, 0.2) is 0 Å². The molecule has 5 heteroatoms. The topological polar surface area (TPSA) is 50.2 Å². The Balaban J connectivity index is 1.62. The number of anilines is 1. The summed E-state index contributed by atoms with van der Waals surface area (Å²) in [4.78, 5) is 19.3. The second-order valence-corrected chi connectivity index (χ2v) is 7.13. The summed E-state index contributed by atoms with van der Waals surface area (Å²) >= 11 is 0. The molecule has 1 aliphatic heterocycles. The van der Waals surface area contributed by atoms with E-state index in [0.29, 0.717) is 6.04 Å². The molecule has 1 atom stereocenters. The Hall–Kier alpha value is -2.14. The summed E-state index contributed by atoms with van der Waals surface area (Å²) in [6.45, 7) is 8.14. The highest BCUT2D eigenvalue weighted by Crippen LogP contribution is 2.21. The first-order valence-corrected chi connectivity index (χ1v) is 9.18. The van der Waals surface area contributed by atoms with Gasteiger partial charge >= 0.3 is 0 Å². The van der Waals surface area contributed by atoms with Crippen molar-refractivity contribution < 1.29 is 4.79 Å². The number of benzene rings is 1. The monoisotopic (exact) mass is 340 g/mol. The number of nitrogens with zero attached hydrogens (tertiary/aromatic N) is 3. The number of aryl methyl sites for hydroxylation is 1. The third-order valence-electron chi connectivity index (χ3n) is 5.01. The highest BCUT2D eigenvalue weighted by molar-refractivity contribution is 5.94. The molecule has 1 fully saturated rings. The van der Waals surface area contributed by atoms with Gasteiger partial charge in [0.05, 0.1) is 6.04 Å². The van der Waals surface area contributed by atoms with E-state index in [1.807, 2.05) is 31.5 Å². The highest BCUT2D eigenvalue weighted by atomic mass is 16.2. The predicted octanol–water partition coefficient (Wildman–Crippen LogP) is 3.44. The van der Waals surface area contributed by atoms with E-state index in [0.717, 1.165) is 37.4 Å². The third-order valence-corrected chi connectivity index (χ3v) is 5.01. The molecule has 1 aromatic carbocycles. The van der Waals surface area contributed by atoms with Crippen LogP contribution in [0.15, 0.2) is 36.7 Å². The predicted molar refractivity (Wildman–Crippen MR) is 101 cm³/mol. The molecule has 0 radical (unpaired) electrons. The fourth-order valence-electron chi connectivity index (χ4n) is 3.54. The van der Waals surface area contributed by atoms with Crippen molar-refractivity contribution in [3.8, 4) is 0 Å². The minimum absolute atomic E-state index is 0.0120. The summed E-state index contributed by atoms with van der Waals surface area (Å²) < 4.78 is 2.11. The number of likely N-dealkylation sites (tertiary alicyclic amines) is 1. The molecule has 0 saturated carbocycles. The van der Waals surface area contributed by atoms with Crippen molar-refractivity contribution in [3.63, 3.8) is 0 Å². The van der Waals surface area contributed by atoms with Gasteiger partial charge in [-0.1, -0.05) is 18.6 Å². The van der Waals surface area contributed by atoms with E-state index in [4.69, 9.17) is 0 Å². The fraction of sp³-hybridized carbons (Fsp3) is 0.500. The summed E-state index contributed by atoms with van der Waals surface area (Å²) in [5.41, 5.74) is 2.06. The molecule has 0 spiro atoms. The van der Waals surface area contributed by atoms with Gasteiger partial charge in [-0.2, -0.15) is 0 Å². The average Bonchev–Trinajstić information content (AvgIpc) is 3.01. The number of nitrogens with one attached hydrogen (secondary N) is 1.